The van der Waals surface area contributed by atoms with Gasteiger partial charge >= 0.3 is 0 Å². The number of rotatable bonds is 7. The molecule has 8 nitrogen and oxygen atoms in total. The zero-order valence-corrected chi connectivity index (χ0v) is 18.1. The van der Waals surface area contributed by atoms with Gasteiger partial charge in [0.25, 0.3) is 5.95 Å². The molecule has 3 aromatic heterocycles. The first-order valence-corrected chi connectivity index (χ1v) is 11.4. The van der Waals surface area contributed by atoms with E-state index in [2.05, 4.69) is 44.1 Å². The predicted molar refractivity (Wildman–Crippen MR) is 120 cm³/mol. The van der Waals surface area contributed by atoms with Gasteiger partial charge < -0.3 is 4.90 Å². The number of aryl methyl sites for hydroxylation is 2. The van der Waals surface area contributed by atoms with Crippen molar-refractivity contribution in [1.82, 2.24) is 29.9 Å². The van der Waals surface area contributed by atoms with Gasteiger partial charge in [0.05, 0.1) is 28.8 Å². The molecule has 31 heavy (non-hydrogen) atoms. The second kappa shape index (κ2) is 8.50. The third-order valence-electron chi connectivity index (χ3n) is 5.61. The number of hydrogen-bond acceptors (Lipinski definition) is 8. The van der Waals surface area contributed by atoms with E-state index < -0.39 is 0 Å². The number of thiazole rings is 1. The highest BCUT2D eigenvalue weighted by Crippen LogP contribution is 2.35. The monoisotopic (exact) mass is 433 g/mol. The molecule has 4 aromatic rings. The van der Waals surface area contributed by atoms with E-state index in [9.17, 15) is 4.79 Å². The summed E-state index contributed by atoms with van der Waals surface area (Å²) in [5.74, 6) is 0.701. The number of hydrogen-bond donors (Lipinski definition) is 0. The van der Waals surface area contributed by atoms with Crippen LogP contribution in [0.5, 0.6) is 0 Å². The largest absolute Gasteiger partial charge is 0.338 e. The van der Waals surface area contributed by atoms with Crippen molar-refractivity contribution in [1.29, 1.82) is 0 Å². The third-order valence-corrected chi connectivity index (χ3v) is 6.74. The van der Waals surface area contributed by atoms with Crippen LogP contribution in [0.2, 0.25) is 0 Å². The molecule has 0 N–H and O–H groups in total. The van der Waals surface area contributed by atoms with Crippen LogP contribution in [0.25, 0.3) is 16.3 Å². The van der Waals surface area contributed by atoms with Gasteiger partial charge in [-0.25, -0.2) is 4.98 Å². The summed E-state index contributed by atoms with van der Waals surface area (Å²) in [7, 11) is 0. The number of Topliss-reactive ketones (excluding diaryl/α,β-unsaturated/α-hetero) is 1. The van der Waals surface area contributed by atoms with E-state index in [1.165, 1.54) is 10.4 Å². The van der Waals surface area contributed by atoms with Crippen molar-refractivity contribution in [2.75, 3.05) is 11.4 Å². The van der Waals surface area contributed by atoms with Crippen LogP contribution in [0.15, 0.2) is 42.7 Å². The highest BCUT2D eigenvalue weighted by molar-refractivity contribution is 7.22. The third kappa shape index (κ3) is 3.93. The van der Waals surface area contributed by atoms with Crippen LogP contribution in [0.4, 0.5) is 5.13 Å². The topological polar surface area (TPSA) is 89.7 Å². The van der Waals surface area contributed by atoms with Crippen LogP contribution >= 0.6 is 11.3 Å². The Bertz CT molecular complexity index is 1190. The minimum atomic E-state index is -0.116. The number of benzene rings is 1. The maximum atomic E-state index is 13.0. The zero-order chi connectivity index (χ0) is 21.2. The molecule has 1 fully saturated rings. The zero-order valence-electron chi connectivity index (χ0n) is 17.3. The smallest absolute Gasteiger partial charge is 0.271 e. The van der Waals surface area contributed by atoms with Crippen molar-refractivity contribution in [3.63, 3.8) is 0 Å². The molecule has 1 saturated heterocycles. The number of fused-ring (bicyclic) bond motifs is 1. The Hall–Kier alpha value is -3.20. The van der Waals surface area contributed by atoms with Crippen LogP contribution < -0.4 is 4.90 Å². The van der Waals surface area contributed by atoms with Crippen molar-refractivity contribution in [3.8, 4) is 5.95 Å². The number of carbonyl (C=O) groups excluding carboxylic acids is 1. The van der Waals surface area contributed by atoms with E-state index in [1.54, 1.807) is 23.7 Å². The lowest BCUT2D eigenvalue weighted by atomic mass is 10.0. The second-order valence-corrected chi connectivity index (χ2v) is 8.57. The van der Waals surface area contributed by atoms with E-state index in [-0.39, 0.29) is 11.8 Å². The van der Waals surface area contributed by atoms with Crippen molar-refractivity contribution in [2.45, 2.75) is 45.1 Å². The van der Waals surface area contributed by atoms with Gasteiger partial charge in [-0.15, -0.1) is 4.80 Å². The summed E-state index contributed by atoms with van der Waals surface area (Å²) in [5, 5.41) is 9.12. The molecule has 0 bridgehead atoms. The highest BCUT2D eigenvalue weighted by atomic mass is 32.1. The summed E-state index contributed by atoms with van der Waals surface area (Å²) in [4.78, 5) is 30.6. The molecule has 0 unspecified atom stereocenters. The first-order valence-electron chi connectivity index (χ1n) is 10.6. The first kappa shape index (κ1) is 19.7. The predicted octanol–water partition coefficient (Wildman–Crippen LogP) is 3.40. The van der Waals surface area contributed by atoms with Gasteiger partial charge in [-0.05, 0) is 31.2 Å². The Morgan fingerprint density at radius 2 is 1.94 bits per heavy atom. The molecule has 4 heterocycles. The van der Waals surface area contributed by atoms with Gasteiger partial charge in [0.1, 0.15) is 0 Å². The van der Waals surface area contributed by atoms with Gasteiger partial charge in [0, 0.05) is 13.0 Å². The van der Waals surface area contributed by atoms with E-state index in [1.807, 2.05) is 18.2 Å². The Balaban J connectivity index is 1.40. The Labute approximate surface area is 184 Å². The summed E-state index contributed by atoms with van der Waals surface area (Å²) < 4.78 is 0.968. The number of aromatic nitrogens is 6. The van der Waals surface area contributed by atoms with Crippen molar-refractivity contribution < 1.29 is 4.79 Å². The average molecular weight is 434 g/mol. The van der Waals surface area contributed by atoms with E-state index in [4.69, 9.17) is 4.98 Å². The number of nitrogens with zero attached hydrogens (tertiary/aromatic N) is 7. The fourth-order valence-corrected chi connectivity index (χ4v) is 5.18. The molecule has 158 valence electrons. The summed E-state index contributed by atoms with van der Waals surface area (Å²) in [6, 6.07) is 10.1. The molecule has 0 spiro atoms. The van der Waals surface area contributed by atoms with Crippen molar-refractivity contribution in [3.05, 3.63) is 54.0 Å². The van der Waals surface area contributed by atoms with E-state index in [0.717, 1.165) is 47.8 Å². The van der Waals surface area contributed by atoms with Gasteiger partial charge in [0.2, 0.25) is 0 Å². The standard InChI is InChI=1S/C22H23N7OS/c1-2-16-19-20(26-21(25-16)29-23-12-13-24-29)27-22(31-19)28-14-6-9-17(28)18(30)11-10-15-7-4-3-5-8-15/h3-5,7-8,12-13,17H,2,6,9-11,14H2,1H3/t17-/m1/s1. The van der Waals surface area contributed by atoms with Crippen LogP contribution in [-0.4, -0.2) is 48.3 Å². The SMILES string of the molecule is CCc1nc(-n2nccn2)nc2nc(N3CCC[C@@H]3C(=O)CCc3ccccc3)sc12. The first-order chi connectivity index (χ1) is 15.2. The minimum Gasteiger partial charge on any atom is -0.338 e. The second-order valence-electron chi connectivity index (χ2n) is 7.59. The van der Waals surface area contributed by atoms with Crippen LogP contribution in [0.3, 0.4) is 0 Å². The lowest BCUT2D eigenvalue weighted by Crippen LogP contribution is -2.36. The fourth-order valence-electron chi connectivity index (χ4n) is 4.04. The maximum absolute atomic E-state index is 13.0. The lowest BCUT2D eigenvalue weighted by Gasteiger charge is -2.22. The van der Waals surface area contributed by atoms with Crippen LogP contribution in [0, 0.1) is 0 Å². The van der Waals surface area contributed by atoms with Crippen LogP contribution in [-0.2, 0) is 17.6 Å². The fraction of sp³-hybridized carbons (Fsp3) is 0.364. The number of carbonyl (C=O) groups is 1. The summed E-state index contributed by atoms with van der Waals surface area (Å²) >= 11 is 1.57. The molecule has 5 rings (SSSR count). The average Bonchev–Trinajstić information content (AvgIpc) is 3.57. The van der Waals surface area contributed by atoms with Crippen molar-refractivity contribution in [2.24, 2.45) is 0 Å². The van der Waals surface area contributed by atoms with Gasteiger partial charge in [-0.3, -0.25) is 4.79 Å². The van der Waals surface area contributed by atoms with Crippen LogP contribution in [0.1, 0.15) is 37.4 Å². The number of ketones is 1. The molecule has 0 saturated carbocycles. The molecule has 1 aliphatic rings. The molecule has 1 aromatic carbocycles. The maximum Gasteiger partial charge on any atom is 0.271 e. The quantitative estimate of drug-likeness (QED) is 0.441. The Morgan fingerprint density at radius 1 is 1.13 bits per heavy atom. The molecular formula is C22H23N7OS. The van der Waals surface area contributed by atoms with Crippen molar-refractivity contribution >= 4 is 32.6 Å². The molecule has 0 amide bonds. The highest BCUT2D eigenvalue weighted by Gasteiger charge is 2.32. The molecule has 1 atom stereocenters. The molecule has 0 aliphatic carbocycles. The van der Waals surface area contributed by atoms with E-state index in [0.29, 0.717) is 18.0 Å². The molecule has 1 aliphatic heterocycles. The normalized spacial score (nSPS) is 16.3. The summed E-state index contributed by atoms with van der Waals surface area (Å²) in [5.41, 5.74) is 2.76. The van der Waals surface area contributed by atoms with Gasteiger partial charge in [0.15, 0.2) is 16.6 Å². The minimum absolute atomic E-state index is 0.116. The van der Waals surface area contributed by atoms with E-state index >= 15 is 0 Å². The van der Waals surface area contributed by atoms with Gasteiger partial charge in [-0.1, -0.05) is 48.6 Å². The number of anilines is 1. The summed E-state index contributed by atoms with van der Waals surface area (Å²) in [6.45, 7) is 2.90. The lowest BCUT2D eigenvalue weighted by molar-refractivity contribution is -0.120. The Morgan fingerprint density at radius 3 is 2.71 bits per heavy atom. The molecule has 0 radical (unpaired) electrons. The van der Waals surface area contributed by atoms with Gasteiger partial charge in [-0.2, -0.15) is 20.2 Å². The summed E-state index contributed by atoms with van der Waals surface area (Å²) in [6.07, 6.45) is 7.14. The molecule has 9 heteroatoms. The molecular weight excluding hydrogens is 410 g/mol. The Kier molecular flexibility index (Phi) is 5.42.